The molecule has 1 aromatic carbocycles. The maximum Gasteiger partial charge on any atom is 0.226 e. The molecule has 1 aromatic heterocycles. The van der Waals surface area contributed by atoms with Crippen LogP contribution in [-0.4, -0.2) is 53.9 Å². The average Bonchev–Trinajstić information content (AvgIpc) is 2.80. The molecule has 0 spiro atoms. The van der Waals surface area contributed by atoms with Crippen LogP contribution >= 0.6 is 11.6 Å². The number of ketones is 1. The van der Waals surface area contributed by atoms with Gasteiger partial charge in [-0.2, -0.15) is 0 Å². The number of likely N-dealkylation sites (N-methyl/N-ethyl adjacent to an activating group) is 1. The van der Waals surface area contributed by atoms with Gasteiger partial charge in [0.25, 0.3) is 0 Å². The van der Waals surface area contributed by atoms with Gasteiger partial charge >= 0.3 is 0 Å². The van der Waals surface area contributed by atoms with E-state index in [0.29, 0.717) is 22.2 Å². The first-order valence-corrected chi connectivity index (χ1v) is 7.66. The minimum atomic E-state index is -0.0646. The smallest absolute Gasteiger partial charge is 0.226 e. The van der Waals surface area contributed by atoms with Crippen molar-refractivity contribution in [3.05, 3.63) is 40.7 Å². The molecule has 2 aliphatic rings. The molecule has 5 nitrogen and oxygen atoms in total. The van der Waals surface area contributed by atoms with Crippen molar-refractivity contribution >= 4 is 23.3 Å². The Balaban J connectivity index is 1.72. The van der Waals surface area contributed by atoms with Gasteiger partial charge in [0.2, 0.25) is 11.7 Å². The molecule has 1 saturated heterocycles. The average molecular weight is 315 g/mol. The van der Waals surface area contributed by atoms with E-state index in [1.54, 1.807) is 18.3 Å². The Labute approximate surface area is 133 Å². The number of carbonyl (C=O) groups excluding carboxylic acids is 1. The Bertz CT molecular complexity index is 769. The zero-order valence-electron chi connectivity index (χ0n) is 12.2. The molecule has 2 aromatic rings. The van der Waals surface area contributed by atoms with Crippen LogP contribution in [0.3, 0.4) is 0 Å². The Morgan fingerprint density at radius 2 is 1.86 bits per heavy atom. The van der Waals surface area contributed by atoms with Gasteiger partial charge in [-0.3, -0.25) is 4.79 Å². The first kappa shape index (κ1) is 13.7. The topological polar surface area (TPSA) is 49.3 Å². The summed E-state index contributed by atoms with van der Waals surface area (Å²) in [5.74, 6) is 0.574. The molecule has 112 valence electrons. The molecule has 1 aliphatic heterocycles. The van der Waals surface area contributed by atoms with Gasteiger partial charge in [-0.15, -0.1) is 0 Å². The lowest BCUT2D eigenvalue weighted by molar-refractivity contribution is 0.103. The molecule has 0 bridgehead atoms. The van der Waals surface area contributed by atoms with Crippen molar-refractivity contribution in [2.45, 2.75) is 0 Å². The van der Waals surface area contributed by atoms with Crippen LogP contribution in [0, 0.1) is 0 Å². The van der Waals surface area contributed by atoms with Gasteiger partial charge in [0.05, 0.1) is 0 Å². The third-order valence-corrected chi connectivity index (χ3v) is 4.53. The number of nitrogens with zero attached hydrogens (tertiary/aromatic N) is 4. The second kappa shape index (κ2) is 5.04. The third-order valence-electron chi connectivity index (χ3n) is 4.29. The highest BCUT2D eigenvalue weighted by molar-refractivity contribution is 6.32. The van der Waals surface area contributed by atoms with Crippen molar-refractivity contribution in [1.82, 2.24) is 14.9 Å². The Hall–Kier alpha value is -1.98. The predicted molar refractivity (Wildman–Crippen MR) is 85.6 cm³/mol. The van der Waals surface area contributed by atoms with Crippen LogP contribution in [0.25, 0.3) is 11.1 Å². The lowest BCUT2D eigenvalue weighted by Crippen LogP contribution is -2.45. The van der Waals surface area contributed by atoms with Crippen LogP contribution in [0.15, 0.2) is 24.4 Å². The molecule has 22 heavy (non-hydrogen) atoms. The monoisotopic (exact) mass is 314 g/mol. The zero-order chi connectivity index (χ0) is 15.3. The largest absolute Gasteiger partial charge is 0.338 e. The van der Waals surface area contributed by atoms with E-state index in [9.17, 15) is 4.79 Å². The van der Waals surface area contributed by atoms with E-state index in [0.717, 1.165) is 37.3 Å². The summed E-state index contributed by atoms with van der Waals surface area (Å²) in [6, 6.07) is 5.36. The molecule has 0 saturated carbocycles. The van der Waals surface area contributed by atoms with E-state index >= 15 is 0 Å². The summed E-state index contributed by atoms with van der Waals surface area (Å²) in [6.45, 7) is 3.71. The van der Waals surface area contributed by atoms with E-state index in [2.05, 4.69) is 26.8 Å². The summed E-state index contributed by atoms with van der Waals surface area (Å²) >= 11 is 6.00. The minimum Gasteiger partial charge on any atom is -0.338 e. The molecule has 0 radical (unpaired) electrons. The standard InChI is InChI=1S/C16H15ClN4O/c1-20-4-6-21(7-5-20)16-18-9-13-11-3-2-10(17)8-12(11)15(22)14(13)19-16/h2-3,8-9H,4-7H2,1H3. The van der Waals surface area contributed by atoms with Crippen LogP contribution in [0.1, 0.15) is 16.1 Å². The first-order valence-electron chi connectivity index (χ1n) is 7.28. The quantitative estimate of drug-likeness (QED) is 0.688. The van der Waals surface area contributed by atoms with Crippen molar-refractivity contribution in [2.75, 3.05) is 38.1 Å². The predicted octanol–water partition coefficient (Wildman–Crippen LogP) is 2.09. The molecule has 2 heterocycles. The molecule has 0 unspecified atom stereocenters. The van der Waals surface area contributed by atoms with E-state index in [-0.39, 0.29) is 5.78 Å². The van der Waals surface area contributed by atoms with Gasteiger partial charge in [-0.1, -0.05) is 17.7 Å². The van der Waals surface area contributed by atoms with Crippen LogP contribution in [0.2, 0.25) is 5.02 Å². The molecule has 4 rings (SSSR count). The van der Waals surface area contributed by atoms with Gasteiger partial charge in [-0.25, -0.2) is 9.97 Å². The number of rotatable bonds is 1. The number of aromatic nitrogens is 2. The number of hydrogen-bond acceptors (Lipinski definition) is 5. The lowest BCUT2D eigenvalue weighted by atomic mass is 10.1. The van der Waals surface area contributed by atoms with Crippen molar-refractivity contribution in [1.29, 1.82) is 0 Å². The van der Waals surface area contributed by atoms with Gasteiger partial charge in [0, 0.05) is 48.5 Å². The molecule has 0 N–H and O–H groups in total. The Morgan fingerprint density at radius 1 is 1.09 bits per heavy atom. The highest BCUT2D eigenvalue weighted by Crippen LogP contribution is 2.37. The van der Waals surface area contributed by atoms with Crippen LogP contribution in [0.5, 0.6) is 0 Å². The second-order valence-electron chi connectivity index (χ2n) is 5.74. The Morgan fingerprint density at radius 3 is 2.64 bits per heavy atom. The van der Waals surface area contributed by atoms with Crippen molar-refractivity contribution in [3.63, 3.8) is 0 Å². The molecule has 1 fully saturated rings. The maximum absolute atomic E-state index is 12.6. The molecular formula is C16H15ClN4O. The molecular weight excluding hydrogens is 300 g/mol. The fraction of sp³-hybridized carbons (Fsp3) is 0.312. The highest BCUT2D eigenvalue weighted by atomic mass is 35.5. The van der Waals surface area contributed by atoms with E-state index < -0.39 is 0 Å². The number of fused-ring (bicyclic) bond motifs is 3. The summed E-state index contributed by atoms with van der Waals surface area (Å²) in [4.78, 5) is 25.9. The molecule has 0 amide bonds. The summed E-state index contributed by atoms with van der Waals surface area (Å²) < 4.78 is 0. The third kappa shape index (κ3) is 2.09. The highest BCUT2D eigenvalue weighted by Gasteiger charge is 2.30. The SMILES string of the molecule is CN1CCN(c2ncc3c(n2)C(=O)c2cc(Cl)ccc2-3)CC1. The number of piperazine rings is 1. The number of halogens is 1. The summed E-state index contributed by atoms with van der Waals surface area (Å²) in [6.07, 6.45) is 1.76. The van der Waals surface area contributed by atoms with Crippen molar-refractivity contribution in [3.8, 4) is 11.1 Å². The first-order chi connectivity index (χ1) is 10.6. The molecule has 1 aliphatic carbocycles. The van der Waals surface area contributed by atoms with Gasteiger partial charge in [0.1, 0.15) is 5.69 Å². The summed E-state index contributed by atoms with van der Waals surface area (Å²) in [5.41, 5.74) is 2.78. The number of benzene rings is 1. The van der Waals surface area contributed by atoms with Gasteiger partial charge in [0.15, 0.2) is 0 Å². The van der Waals surface area contributed by atoms with Crippen LogP contribution in [0.4, 0.5) is 5.95 Å². The van der Waals surface area contributed by atoms with Gasteiger partial charge in [-0.05, 0) is 24.7 Å². The fourth-order valence-corrected chi connectivity index (χ4v) is 3.14. The number of carbonyl (C=O) groups is 1. The summed E-state index contributed by atoms with van der Waals surface area (Å²) in [7, 11) is 2.10. The minimum absolute atomic E-state index is 0.0646. The normalized spacial score (nSPS) is 17.5. The molecule has 6 heteroatoms. The van der Waals surface area contributed by atoms with E-state index in [1.165, 1.54) is 0 Å². The van der Waals surface area contributed by atoms with Crippen LogP contribution < -0.4 is 4.90 Å². The molecule has 0 atom stereocenters. The van der Waals surface area contributed by atoms with Crippen molar-refractivity contribution in [2.24, 2.45) is 0 Å². The van der Waals surface area contributed by atoms with E-state index in [4.69, 9.17) is 11.6 Å². The van der Waals surface area contributed by atoms with Gasteiger partial charge < -0.3 is 9.80 Å². The number of hydrogen-bond donors (Lipinski definition) is 0. The maximum atomic E-state index is 12.6. The fourth-order valence-electron chi connectivity index (χ4n) is 2.97. The van der Waals surface area contributed by atoms with Crippen molar-refractivity contribution < 1.29 is 4.79 Å². The number of anilines is 1. The van der Waals surface area contributed by atoms with Crippen LogP contribution in [-0.2, 0) is 0 Å². The lowest BCUT2D eigenvalue weighted by Gasteiger charge is -2.32. The summed E-state index contributed by atoms with van der Waals surface area (Å²) in [5, 5.41) is 0.562. The Kier molecular flexibility index (Phi) is 3.13. The second-order valence-corrected chi connectivity index (χ2v) is 6.18. The zero-order valence-corrected chi connectivity index (χ0v) is 13.0. The van der Waals surface area contributed by atoms with E-state index in [1.807, 2.05) is 6.07 Å².